The number of allylic oxidation sites excluding steroid dienone is 2. The van der Waals surface area contributed by atoms with Gasteiger partial charge in [-0.1, -0.05) is 39.3 Å². The van der Waals surface area contributed by atoms with Crippen molar-refractivity contribution in [3.8, 4) is 0 Å². The highest BCUT2D eigenvalue weighted by molar-refractivity contribution is 5.22. The Morgan fingerprint density at radius 1 is 0.824 bits per heavy atom. The minimum atomic E-state index is -0.747. The molecule has 0 radical (unpaired) electrons. The van der Waals surface area contributed by atoms with E-state index in [1.807, 2.05) is 20.8 Å². The van der Waals surface area contributed by atoms with Gasteiger partial charge in [-0.05, 0) is 120 Å². The number of ether oxygens (including phenoxy) is 1. The average Bonchev–Trinajstić information content (AvgIpc) is 2.93. The molecule has 3 N–H and O–H groups in total. The van der Waals surface area contributed by atoms with Crippen LogP contribution >= 0.6 is 0 Å². The molecule has 1 saturated heterocycles. The molecule has 0 unspecified atom stereocenters. The van der Waals surface area contributed by atoms with Crippen LogP contribution in [0.5, 0.6) is 0 Å². The van der Waals surface area contributed by atoms with Crippen LogP contribution in [0.1, 0.15) is 113 Å². The van der Waals surface area contributed by atoms with Gasteiger partial charge < -0.3 is 20.1 Å². The van der Waals surface area contributed by atoms with Crippen molar-refractivity contribution in [2.45, 2.75) is 142 Å². The maximum atomic E-state index is 11.6. The molecule has 1 heterocycles. The van der Waals surface area contributed by atoms with E-state index in [0.717, 1.165) is 51.4 Å². The summed E-state index contributed by atoms with van der Waals surface area (Å²) in [7, 11) is 0. The SMILES string of the molecule is C[C@@H]1CC[C@@H]2[C@@H](CC[C@@]2(C)O)C(C)(C)C1=CC[C@@H]1[C@@]2(C)CC[C@H](O)C(C)(C)O[C@@H]2CC[C@]1(C)O. The maximum Gasteiger partial charge on any atom is 0.0888 e. The summed E-state index contributed by atoms with van der Waals surface area (Å²) in [6, 6.07) is 0. The van der Waals surface area contributed by atoms with Gasteiger partial charge in [-0.25, -0.2) is 0 Å². The first-order valence-electron chi connectivity index (χ1n) is 14.0. The fourth-order valence-corrected chi connectivity index (χ4v) is 8.94. The third kappa shape index (κ3) is 4.33. The van der Waals surface area contributed by atoms with Crippen molar-refractivity contribution in [1.29, 1.82) is 0 Å². The van der Waals surface area contributed by atoms with Gasteiger partial charge >= 0.3 is 0 Å². The monoisotopic (exact) mass is 476 g/mol. The van der Waals surface area contributed by atoms with Gasteiger partial charge in [0, 0.05) is 0 Å². The Morgan fingerprint density at radius 3 is 2.15 bits per heavy atom. The summed E-state index contributed by atoms with van der Waals surface area (Å²) in [5.74, 6) is 1.45. The normalized spacial score (nSPS) is 51.9. The molecule has 4 fully saturated rings. The largest absolute Gasteiger partial charge is 0.390 e. The molecule has 3 saturated carbocycles. The second-order valence-electron chi connectivity index (χ2n) is 14.4. The van der Waals surface area contributed by atoms with Crippen LogP contribution in [0.3, 0.4) is 0 Å². The number of hydrogen-bond acceptors (Lipinski definition) is 4. The number of rotatable bonds is 2. The van der Waals surface area contributed by atoms with Crippen LogP contribution in [-0.4, -0.2) is 44.3 Å². The highest BCUT2D eigenvalue weighted by Crippen LogP contribution is 2.59. The van der Waals surface area contributed by atoms with E-state index in [1.54, 1.807) is 0 Å². The lowest BCUT2D eigenvalue weighted by Gasteiger charge is -2.54. The Morgan fingerprint density at radius 2 is 1.47 bits per heavy atom. The van der Waals surface area contributed by atoms with E-state index >= 15 is 0 Å². The summed E-state index contributed by atoms with van der Waals surface area (Å²) in [5.41, 5.74) is -0.459. The number of aliphatic hydroxyl groups is 3. The lowest BCUT2D eigenvalue weighted by atomic mass is 9.56. The Hall–Kier alpha value is -0.420. The zero-order valence-electron chi connectivity index (χ0n) is 23.2. The van der Waals surface area contributed by atoms with E-state index in [-0.39, 0.29) is 22.9 Å². The zero-order chi connectivity index (χ0) is 25.3. The predicted octanol–water partition coefficient (Wildman–Crippen LogP) is 6.02. The highest BCUT2D eigenvalue weighted by atomic mass is 16.5. The summed E-state index contributed by atoms with van der Waals surface area (Å²) in [6.07, 6.45) is 10.3. The second kappa shape index (κ2) is 8.57. The molecule has 4 rings (SSSR count). The fourth-order valence-electron chi connectivity index (χ4n) is 8.94. The summed E-state index contributed by atoms with van der Waals surface area (Å²) in [6.45, 7) is 17.6. The lowest BCUT2D eigenvalue weighted by molar-refractivity contribution is -0.203. The van der Waals surface area contributed by atoms with Gasteiger partial charge in [-0.2, -0.15) is 0 Å². The van der Waals surface area contributed by atoms with Crippen LogP contribution in [0, 0.1) is 34.5 Å². The van der Waals surface area contributed by atoms with Crippen molar-refractivity contribution in [2.24, 2.45) is 34.5 Å². The number of hydrogen-bond donors (Lipinski definition) is 3. The van der Waals surface area contributed by atoms with Crippen molar-refractivity contribution in [3.05, 3.63) is 11.6 Å². The van der Waals surface area contributed by atoms with Gasteiger partial charge in [-0.3, -0.25) is 0 Å². The van der Waals surface area contributed by atoms with Crippen LogP contribution in [-0.2, 0) is 4.74 Å². The molecular weight excluding hydrogens is 424 g/mol. The third-order valence-electron chi connectivity index (χ3n) is 11.3. The molecule has 0 amide bonds. The molecule has 3 aliphatic carbocycles. The zero-order valence-corrected chi connectivity index (χ0v) is 23.2. The molecule has 0 aromatic rings. The Balaban J connectivity index is 1.66. The molecule has 0 aromatic carbocycles. The molecule has 1 aliphatic heterocycles. The van der Waals surface area contributed by atoms with Gasteiger partial charge in [0.1, 0.15) is 0 Å². The van der Waals surface area contributed by atoms with Crippen LogP contribution < -0.4 is 0 Å². The topological polar surface area (TPSA) is 69.9 Å². The molecule has 4 nitrogen and oxygen atoms in total. The maximum absolute atomic E-state index is 11.6. The summed E-state index contributed by atoms with van der Waals surface area (Å²) in [4.78, 5) is 0. The summed E-state index contributed by atoms with van der Waals surface area (Å²) in [5, 5.41) is 33.5. The standard InChI is InChI=1S/C30H52O4/c1-19-9-10-22-21(13-17-29(22,7)32)26(2,3)20(19)11-12-23-28(6)16-14-24(31)27(4,5)34-25(28)15-18-30(23,8)33/h11,19,21-25,31-33H,9-10,12-18H2,1-8H3/t19-,21-,22-,23-,24+,25-,28-,29-,30+/m1/s1. The van der Waals surface area contributed by atoms with Crippen LogP contribution in [0.4, 0.5) is 0 Å². The van der Waals surface area contributed by atoms with E-state index in [0.29, 0.717) is 24.2 Å². The average molecular weight is 477 g/mol. The molecule has 34 heavy (non-hydrogen) atoms. The minimum Gasteiger partial charge on any atom is -0.390 e. The van der Waals surface area contributed by atoms with Gasteiger partial charge in [-0.15, -0.1) is 0 Å². The van der Waals surface area contributed by atoms with Crippen molar-refractivity contribution in [1.82, 2.24) is 0 Å². The van der Waals surface area contributed by atoms with Crippen LogP contribution in [0.15, 0.2) is 11.6 Å². The molecule has 0 spiro atoms. The third-order valence-corrected chi connectivity index (χ3v) is 11.3. The van der Waals surface area contributed by atoms with Gasteiger partial charge in [0.25, 0.3) is 0 Å². The van der Waals surface area contributed by atoms with Crippen molar-refractivity contribution >= 4 is 0 Å². The van der Waals surface area contributed by atoms with E-state index < -0.39 is 22.9 Å². The Labute approximate surface area is 208 Å². The minimum absolute atomic E-state index is 0.0417. The van der Waals surface area contributed by atoms with E-state index in [9.17, 15) is 15.3 Å². The Bertz CT molecular complexity index is 794. The fraction of sp³-hybridized carbons (Fsp3) is 0.933. The first-order chi connectivity index (χ1) is 15.5. The smallest absolute Gasteiger partial charge is 0.0888 e. The van der Waals surface area contributed by atoms with Gasteiger partial charge in [0.2, 0.25) is 0 Å². The molecule has 0 bridgehead atoms. The molecule has 0 aromatic heterocycles. The first-order valence-corrected chi connectivity index (χ1v) is 14.0. The highest BCUT2D eigenvalue weighted by Gasteiger charge is 2.57. The summed E-state index contributed by atoms with van der Waals surface area (Å²) >= 11 is 0. The van der Waals surface area contributed by atoms with E-state index in [1.165, 1.54) is 5.57 Å². The quantitative estimate of drug-likeness (QED) is 0.426. The number of aliphatic hydroxyl groups excluding tert-OH is 1. The van der Waals surface area contributed by atoms with Gasteiger partial charge in [0.15, 0.2) is 0 Å². The van der Waals surface area contributed by atoms with Crippen molar-refractivity contribution < 1.29 is 20.1 Å². The predicted molar refractivity (Wildman–Crippen MR) is 137 cm³/mol. The molecule has 196 valence electrons. The second-order valence-corrected chi connectivity index (χ2v) is 14.4. The van der Waals surface area contributed by atoms with Crippen molar-refractivity contribution in [3.63, 3.8) is 0 Å². The first kappa shape index (κ1) is 26.6. The van der Waals surface area contributed by atoms with E-state index in [4.69, 9.17) is 4.74 Å². The van der Waals surface area contributed by atoms with Gasteiger partial charge in [0.05, 0.1) is 29.0 Å². The molecular formula is C30H52O4. The number of fused-ring (bicyclic) bond motifs is 2. The molecule has 4 heteroatoms. The Kier molecular flexibility index (Phi) is 6.71. The van der Waals surface area contributed by atoms with Crippen LogP contribution in [0.2, 0.25) is 0 Å². The molecule has 9 atom stereocenters. The van der Waals surface area contributed by atoms with Crippen LogP contribution in [0.25, 0.3) is 0 Å². The van der Waals surface area contributed by atoms with Crippen molar-refractivity contribution in [2.75, 3.05) is 0 Å². The van der Waals surface area contributed by atoms with E-state index in [2.05, 4.69) is 40.7 Å². The lowest BCUT2D eigenvalue weighted by Crippen LogP contribution is -2.56. The summed E-state index contributed by atoms with van der Waals surface area (Å²) < 4.78 is 6.59. The molecule has 4 aliphatic rings.